The molecule has 16 aromatic heterocycles. The lowest BCUT2D eigenvalue weighted by molar-refractivity contribution is 0.447. The first-order chi connectivity index (χ1) is 68.8. The lowest BCUT2D eigenvalue weighted by Gasteiger charge is -2.06. The molecule has 0 radical (unpaired) electrons. The molecule has 0 bridgehead atoms. The molecule has 0 saturated carbocycles. The zero-order chi connectivity index (χ0) is 113. The lowest BCUT2D eigenvalue weighted by Crippen LogP contribution is -2.00. The third-order valence-corrected chi connectivity index (χ3v) is 25.8. The highest BCUT2D eigenvalue weighted by atomic mass is 32.1. The van der Waals surface area contributed by atoms with Crippen LogP contribution in [0.4, 0.5) is 0 Å². The Kier molecular flexibility index (Phi) is 63.1. The molecule has 0 amide bonds. The summed E-state index contributed by atoms with van der Waals surface area (Å²) >= 11 is 7.10. The van der Waals surface area contributed by atoms with Gasteiger partial charge in [-0.05, 0) is 186 Å². The first kappa shape index (κ1) is 135. The predicted molar refractivity (Wildman–Crippen MR) is 614 cm³/mol. The van der Waals surface area contributed by atoms with E-state index in [1.807, 2.05) is 198 Å². The maximum Gasteiger partial charge on any atom is 0.219 e. The molecule has 148 heavy (non-hydrogen) atoms. The van der Waals surface area contributed by atoms with Crippen molar-refractivity contribution in [3.63, 3.8) is 0 Å². The minimum atomic E-state index is 0.339. The fourth-order valence-corrected chi connectivity index (χ4v) is 15.6. The van der Waals surface area contributed by atoms with Crippen molar-refractivity contribution >= 4 is 45.3 Å². The highest BCUT2D eigenvalue weighted by Gasteiger charge is 2.16. The number of aryl methyl sites for hydroxylation is 19. The maximum absolute atomic E-state index is 5.36. The second-order valence-electron chi connectivity index (χ2n) is 41.4. The third kappa shape index (κ3) is 54.8. The van der Waals surface area contributed by atoms with Gasteiger partial charge in [0.25, 0.3) is 0 Å². The molecule has 0 aliphatic heterocycles. The maximum atomic E-state index is 5.36. The van der Waals surface area contributed by atoms with Gasteiger partial charge in [-0.1, -0.05) is 218 Å². The van der Waals surface area contributed by atoms with Gasteiger partial charge in [-0.15, -0.1) is 75.9 Å². The van der Waals surface area contributed by atoms with Crippen LogP contribution in [-0.2, 0) is 28.2 Å². The number of furan rings is 1. The Bertz CT molecular complexity index is 5010. The molecule has 0 aliphatic carbocycles. The number of aromatic nitrogens is 26. The molecule has 824 valence electrons. The van der Waals surface area contributed by atoms with Crippen molar-refractivity contribution in [1.82, 2.24) is 130 Å². The zero-order valence-corrected chi connectivity index (χ0v) is 103. The quantitative estimate of drug-likeness (QED) is 0.0907. The van der Waals surface area contributed by atoms with Crippen LogP contribution in [0.1, 0.15) is 489 Å². The topological polar surface area (TPSA) is 367 Å². The van der Waals surface area contributed by atoms with Crippen LogP contribution in [0.3, 0.4) is 0 Å². The second kappa shape index (κ2) is 69.3. The van der Waals surface area contributed by atoms with E-state index in [-0.39, 0.29) is 0 Å². The second-order valence-corrected chi connectivity index (χ2v) is 46.1. The Morgan fingerprint density at radius 3 is 1.19 bits per heavy atom. The molecule has 0 fully saturated rings. The predicted octanol–water partition coefficient (Wildman–Crippen LogP) is 31.9. The minimum absolute atomic E-state index is 0.339. The fourth-order valence-electron chi connectivity index (χ4n) is 12.4. The third-order valence-electron chi connectivity index (χ3n) is 20.9. The molecule has 16 heterocycles. The summed E-state index contributed by atoms with van der Waals surface area (Å²) < 4.78 is 35.5. The molecule has 0 unspecified atom stereocenters. The number of hydrogen-bond donors (Lipinski definition) is 2. The molecule has 0 aliphatic rings. The van der Waals surface area contributed by atoms with Crippen LogP contribution in [-0.4, -0.2) is 130 Å². The van der Waals surface area contributed by atoms with E-state index >= 15 is 0 Å². The van der Waals surface area contributed by atoms with Crippen molar-refractivity contribution in [2.45, 2.75) is 427 Å². The smallest absolute Gasteiger partial charge is 0.219 e. The van der Waals surface area contributed by atoms with E-state index in [0.717, 1.165) is 108 Å². The Labute approximate surface area is 904 Å². The average molecular weight is 2120 g/mol. The van der Waals surface area contributed by atoms with Gasteiger partial charge >= 0.3 is 0 Å². The Balaban J connectivity index is 0.000000790. The summed E-state index contributed by atoms with van der Waals surface area (Å²) in [7, 11) is 7.78. The van der Waals surface area contributed by atoms with Crippen LogP contribution in [0, 0.1) is 111 Å². The number of aromatic amines is 2. The number of nitrogens with zero attached hydrogens (tertiary/aromatic N) is 24. The van der Waals surface area contributed by atoms with Gasteiger partial charge in [0.15, 0.2) is 23.5 Å². The van der Waals surface area contributed by atoms with Crippen molar-refractivity contribution in [3.8, 4) is 0 Å². The molecule has 2 N–H and O–H groups in total. The van der Waals surface area contributed by atoms with Crippen molar-refractivity contribution in [3.05, 3.63) is 258 Å². The summed E-state index contributed by atoms with van der Waals surface area (Å²) in [4.78, 5) is 36.4. The summed E-state index contributed by atoms with van der Waals surface area (Å²) in [5.74, 6) is 19.2. The Morgan fingerprint density at radius 2 is 0.973 bits per heavy atom. The largest absolute Gasteiger partial charge is 0.466 e. The Morgan fingerprint density at radius 1 is 0.351 bits per heavy atom. The van der Waals surface area contributed by atoms with Gasteiger partial charge in [0, 0.05) is 177 Å². The summed E-state index contributed by atoms with van der Waals surface area (Å²) in [5.41, 5.74) is 13.0. The summed E-state index contributed by atoms with van der Waals surface area (Å²) in [5, 5.41) is 57.0. The number of H-pyrrole nitrogens is 2. The molecule has 0 spiro atoms. The van der Waals surface area contributed by atoms with Crippen molar-refractivity contribution < 1.29 is 22.1 Å². The zero-order valence-electron chi connectivity index (χ0n) is 100. The van der Waals surface area contributed by atoms with Gasteiger partial charge in [0.1, 0.15) is 50.5 Å². The van der Waals surface area contributed by atoms with E-state index < -0.39 is 0 Å². The van der Waals surface area contributed by atoms with Gasteiger partial charge in [-0.2, -0.15) is 20.4 Å². The summed E-state index contributed by atoms with van der Waals surface area (Å²) in [6.07, 6.45) is 17.3. The van der Waals surface area contributed by atoms with Crippen molar-refractivity contribution in [2.24, 2.45) is 28.2 Å². The molecule has 0 saturated heterocycles. The summed E-state index contributed by atoms with van der Waals surface area (Å²) in [6, 6.07) is 8.84. The van der Waals surface area contributed by atoms with E-state index in [1.165, 1.54) is 52.7 Å². The van der Waals surface area contributed by atoms with Crippen molar-refractivity contribution in [1.29, 1.82) is 0 Å². The first-order valence-corrected chi connectivity index (χ1v) is 55.2. The summed E-state index contributed by atoms with van der Waals surface area (Å²) in [6.45, 7) is 99.7. The highest BCUT2D eigenvalue weighted by Crippen LogP contribution is 2.28. The van der Waals surface area contributed by atoms with Gasteiger partial charge in [-0.3, -0.25) is 23.8 Å². The number of thiazole rings is 2. The normalized spacial score (nSPS) is 10.7. The van der Waals surface area contributed by atoms with Gasteiger partial charge in [-0.25, -0.2) is 39.6 Å². The number of imidazole rings is 1. The molecular weight excluding hydrogens is 1930 g/mol. The number of thiophene rings is 1. The highest BCUT2D eigenvalue weighted by molar-refractivity contribution is 7.12. The van der Waals surface area contributed by atoms with Crippen LogP contribution in [0.15, 0.2) is 108 Å². The van der Waals surface area contributed by atoms with Crippen LogP contribution in [0.25, 0.3) is 0 Å². The van der Waals surface area contributed by atoms with Crippen LogP contribution < -0.4 is 0 Å². The Hall–Kier alpha value is -11.2. The molecule has 0 atom stereocenters. The van der Waals surface area contributed by atoms with E-state index in [9.17, 15) is 0 Å². The van der Waals surface area contributed by atoms with Crippen molar-refractivity contribution in [2.75, 3.05) is 0 Å². The molecule has 0 aromatic carbocycles. The van der Waals surface area contributed by atoms with Crippen LogP contribution in [0.2, 0.25) is 0 Å². The first-order valence-electron chi connectivity index (χ1n) is 51.8. The number of nitrogens with one attached hydrogen (secondary N) is 2. The van der Waals surface area contributed by atoms with Crippen LogP contribution >= 0.6 is 45.3 Å². The molecule has 31 nitrogen and oxygen atoms in total. The standard InChI is InChI=1S/C9H16N2.C8H14N2.C8H13NO.C8H12O.C8H12S.2C7H12N2.2C7H11NO.2C7H11NS.3C6H11N3.C6H10N2O.C6H10N2S/c1-6(2)9-7(3)8(4)10-11(9)5;1-6(2)8-5-10(4)9-7(8)3;1-5(2)8-6(3)9-7(4)10-8;2*1-6(2)8-5-4-7(3)9-8;1-6(2)7-4-8-9(3)5-7;2*1-5(2)7-4-8-6(3)9-7;1-5(2)7-8-4-6(3)9-7;1-5(2)7-4-8-6(3)9-7;1-5(2)7-8-6(3)4-9-7;1-5(2)6-4-9(3)8-7-6;1-5(2)9-4-6(3)7-8-9;1-4(2)6-7-5(3)8-9-6;2*1-4(2)6-8-7-5(3)9-6/h6H,1-5H3;5-6H,1-4H3;5H,1-4H3;3*4-6H,1-3H3;4-5H,1-3H3,(H,8,9);6*4-5H,1-3H3;4H,1-3H3,(H,7,8,9);2*4H,1-3H3. The molecule has 16 rings (SSSR count). The van der Waals surface area contributed by atoms with E-state index in [1.54, 1.807) is 58.0 Å². The van der Waals surface area contributed by atoms with E-state index in [4.69, 9.17) is 22.1 Å². The number of rotatable bonds is 16. The SMILES string of the molecule is CC(C)c1cn(C)nn1.CC(C)c1cnn(C)c1.Cc1ccc(C(C)C)o1.Cc1ccc(C(C)C)s1.Cc1cn(C(C)C)nn1.Cc1cnc(C(C)C)o1.Cc1csc(C(C)C)n1.Cc1nc(C(C)C)n[nH]1.Cc1nc(C)c(C(C)C)o1.Cc1ncc(C(C)C)[nH]1.Cc1ncc(C(C)C)o1.Cc1ncc(C(C)C)s1.Cc1nn(C)c(C(C)C)c1C.Cc1nn(C)cc1C(C)C.Cc1nnc(C(C)C)o1.Cc1nnc(C(C)C)s1. The molecular formula is C113H188N26O5S4. The molecule has 16 aromatic rings. The van der Waals surface area contributed by atoms with Gasteiger partial charge < -0.3 is 27.1 Å². The minimum Gasteiger partial charge on any atom is -0.466 e. The fraction of sp³-hybridized carbons (Fsp3) is 0.602. The van der Waals surface area contributed by atoms with E-state index in [2.05, 4.69) is 366 Å². The van der Waals surface area contributed by atoms with Crippen LogP contribution in [0.5, 0.6) is 0 Å². The van der Waals surface area contributed by atoms with Gasteiger partial charge in [0.2, 0.25) is 11.8 Å². The number of hydrogen-bond acceptors (Lipinski definition) is 28. The average Bonchev–Trinajstić information content (AvgIpc) is 1.68. The van der Waals surface area contributed by atoms with Gasteiger partial charge in [0.05, 0.1) is 57.1 Å². The molecule has 35 heteroatoms. The number of oxazole rings is 3. The van der Waals surface area contributed by atoms with E-state index in [0.29, 0.717) is 107 Å². The monoisotopic (exact) mass is 2120 g/mol. The lowest BCUT2D eigenvalue weighted by atomic mass is 10.1.